The number of nitrogens with one attached hydrogen (secondary N) is 1. The van der Waals surface area contributed by atoms with Gasteiger partial charge in [-0.2, -0.15) is 13.2 Å². The van der Waals surface area contributed by atoms with E-state index in [-0.39, 0.29) is 17.5 Å². The van der Waals surface area contributed by atoms with E-state index in [4.69, 9.17) is 0 Å². The molecule has 2 nitrogen and oxygen atoms in total. The fourth-order valence-electron chi connectivity index (χ4n) is 1.20. The monoisotopic (exact) mass is 226 g/mol. The van der Waals surface area contributed by atoms with Gasteiger partial charge in [0, 0.05) is 25.3 Å². The zero-order valence-electron chi connectivity index (χ0n) is 7.73. The van der Waals surface area contributed by atoms with Gasteiger partial charge >= 0.3 is 5.51 Å². The molecule has 82 valence electrons. The first-order valence-corrected chi connectivity index (χ1v) is 5.54. The van der Waals surface area contributed by atoms with E-state index >= 15 is 0 Å². The van der Waals surface area contributed by atoms with Crippen molar-refractivity contribution < 1.29 is 13.2 Å². The number of alkyl halides is 3. The van der Waals surface area contributed by atoms with Crippen LogP contribution in [0.1, 0.15) is 19.3 Å². The number of halogens is 3. The van der Waals surface area contributed by atoms with E-state index in [1.807, 2.05) is 0 Å². The standard InChI is InChI=1S/C8H13F3N2S/c9-8(10,11)14-6-5-13-7-3-1-2-4-12-7/h1-6H2,(H,12,13). The zero-order valence-corrected chi connectivity index (χ0v) is 8.55. The van der Waals surface area contributed by atoms with E-state index < -0.39 is 5.51 Å². The first-order valence-electron chi connectivity index (χ1n) is 4.56. The van der Waals surface area contributed by atoms with Crippen LogP contribution < -0.4 is 5.32 Å². The normalized spacial score (nSPS) is 17.8. The predicted octanol–water partition coefficient (Wildman–Crippen LogP) is 2.41. The highest BCUT2D eigenvalue weighted by atomic mass is 32.2. The van der Waals surface area contributed by atoms with Gasteiger partial charge < -0.3 is 5.32 Å². The van der Waals surface area contributed by atoms with Gasteiger partial charge in [-0.05, 0) is 24.6 Å². The van der Waals surface area contributed by atoms with Crippen molar-refractivity contribution >= 4 is 17.6 Å². The van der Waals surface area contributed by atoms with Gasteiger partial charge in [0.15, 0.2) is 0 Å². The fourth-order valence-corrected chi connectivity index (χ4v) is 1.64. The Morgan fingerprint density at radius 3 is 2.71 bits per heavy atom. The summed E-state index contributed by atoms with van der Waals surface area (Å²) in [4.78, 5) is 4.18. The Morgan fingerprint density at radius 2 is 2.14 bits per heavy atom. The van der Waals surface area contributed by atoms with Crippen molar-refractivity contribution in [3.05, 3.63) is 0 Å². The lowest BCUT2D eigenvalue weighted by atomic mass is 10.2. The van der Waals surface area contributed by atoms with Crippen LogP contribution in [0.4, 0.5) is 13.2 Å². The Morgan fingerprint density at radius 1 is 1.36 bits per heavy atom. The molecular weight excluding hydrogens is 213 g/mol. The average Bonchev–Trinajstić information content (AvgIpc) is 2.13. The Balaban J connectivity index is 2.06. The highest BCUT2D eigenvalue weighted by Crippen LogP contribution is 2.29. The molecule has 0 spiro atoms. The summed E-state index contributed by atoms with van der Waals surface area (Å²) >= 11 is 0.00465. The Hall–Kier alpha value is -0.390. The summed E-state index contributed by atoms with van der Waals surface area (Å²) in [6.45, 7) is 1.14. The minimum atomic E-state index is -4.12. The summed E-state index contributed by atoms with van der Waals surface area (Å²) in [5, 5.41) is 2.92. The quantitative estimate of drug-likeness (QED) is 0.747. The molecule has 0 radical (unpaired) electrons. The third kappa shape index (κ3) is 5.36. The second kappa shape index (κ2) is 5.48. The molecule has 0 saturated carbocycles. The first-order chi connectivity index (χ1) is 6.58. The van der Waals surface area contributed by atoms with Crippen molar-refractivity contribution in [1.82, 2.24) is 5.32 Å². The van der Waals surface area contributed by atoms with Gasteiger partial charge in [-0.25, -0.2) is 0 Å². The van der Waals surface area contributed by atoms with Crippen molar-refractivity contribution in [2.24, 2.45) is 4.99 Å². The van der Waals surface area contributed by atoms with Crippen molar-refractivity contribution in [2.45, 2.75) is 24.8 Å². The van der Waals surface area contributed by atoms with Gasteiger partial charge in [0.05, 0.1) is 5.84 Å². The van der Waals surface area contributed by atoms with Gasteiger partial charge in [0.1, 0.15) is 0 Å². The SMILES string of the molecule is FC(F)(F)SCCNC1=NCCCC1. The van der Waals surface area contributed by atoms with E-state index in [2.05, 4.69) is 10.3 Å². The molecule has 0 aromatic carbocycles. The first kappa shape index (κ1) is 11.7. The lowest BCUT2D eigenvalue weighted by Gasteiger charge is -2.13. The highest BCUT2D eigenvalue weighted by Gasteiger charge is 2.27. The Labute approximate surface area is 85.4 Å². The minimum Gasteiger partial charge on any atom is -0.373 e. The fraction of sp³-hybridized carbons (Fsp3) is 0.875. The summed E-state index contributed by atoms with van der Waals surface area (Å²) in [5.41, 5.74) is -4.12. The number of rotatable bonds is 3. The number of amidine groups is 1. The molecule has 1 aliphatic heterocycles. The van der Waals surface area contributed by atoms with E-state index in [1.165, 1.54) is 0 Å². The van der Waals surface area contributed by atoms with Crippen LogP contribution >= 0.6 is 11.8 Å². The number of hydrogen-bond acceptors (Lipinski definition) is 3. The maximum atomic E-state index is 11.7. The molecule has 0 unspecified atom stereocenters. The smallest absolute Gasteiger partial charge is 0.373 e. The third-order valence-corrected chi connectivity index (χ3v) is 2.56. The third-order valence-electron chi connectivity index (χ3n) is 1.82. The Bertz CT molecular complexity index is 203. The molecule has 1 N–H and O–H groups in total. The maximum Gasteiger partial charge on any atom is 0.441 e. The summed E-state index contributed by atoms with van der Waals surface area (Å²) < 4.78 is 35.2. The molecule has 1 rings (SSSR count). The summed E-state index contributed by atoms with van der Waals surface area (Å²) in [5.74, 6) is 0.904. The summed E-state index contributed by atoms with van der Waals surface area (Å²) in [6.07, 6.45) is 3.04. The molecule has 0 fully saturated rings. The van der Waals surface area contributed by atoms with Crippen LogP contribution in [0.15, 0.2) is 4.99 Å². The van der Waals surface area contributed by atoms with Crippen LogP contribution in [0.25, 0.3) is 0 Å². The molecule has 0 aliphatic carbocycles. The van der Waals surface area contributed by atoms with Gasteiger partial charge in [-0.3, -0.25) is 4.99 Å². The highest BCUT2D eigenvalue weighted by molar-refractivity contribution is 8.00. The van der Waals surface area contributed by atoms with Gasteiger partial charge in [-0.1, -0.05) is 0 Å². The van der Waals surface area contributed by atoms with Crippen LogP contribution in [0.5, 0.6) is 0 Å². The largest absolute Gasteiger partial charge is 0.441 e. The molecular formula is C8H13F3N2S. The van der Waals surface area contributed by atoms with E-state index in [9.17, 15) is 13.2 Å². The lowest BCUT2D eigenvalue weighted by Crippen LogP contribution is -2.28. The van der Waals surface area contributed by atoms with Crippen molar-refractivity contribution in [2.75, 3.05) is 18.8 Å². The van der Waals surface area contributed by atoms with Crippen molar-refractivity contribution in [3.63, 3.8) is 0 Å². The van der Waals surface area contributed by atoms with Gasteiger partial charge in [-0.15, -0.1) is 0 Å². The molecule has 0 amide bonds. The number of thioether (sulfide) groups is 1. The molecule has 6 heteroatoms. The zero-order chi connectivity index (χ0) is 10.4. The van der Waals surface area contributed by atoms with Gasteiger partial charge in [0.25, 0.3) is 0 Å². The van der Waals surface area contributed by atoms with Crippen LogP contribution in [0.3, 0.4) is 0 Å². The molecule has 1 heterocycles. The van der Waals surface area contributed by atoms with E-state index in [0.717, 1.165) is 31.6 Å². The second-order valence-corrected chi connectivity index (χ2v) is 4.17. The minimum absolute atomic E-state index is 0.00465. The number of aliphatic imine (C=N–C) groups is 1. The second-order valence-electron chi connectivity index (χ2n) is 3.01. The lowest BCUT2D eigenvalue weighted by molar-refractivity contribution is -0.0327. The van der Waals surface area contributed by atoms with Crippen LogP contribution in [0, 0.1) is 0 Å². The van der Waals surface area contributed by atoms with Crippen LogP contribution in [-0.4, -0.2) is 30.2 Å². The molecule has 0 bridgehead atoms. The summed E-state index contributed by atoms with van der Waals surface area (Å²) in [7, 11) is 0. The molecule has 0 aromatic heterocycles. The van der Waals surface area contributed by atoms with E-state index in [0.29, 0.717) is 6.54 Å². The topological polar surface area (TPSA) is 24.4 Å². The maximum absolute atomic E-state index is 11.7. The summed E-state index contributed by atoms with van der Waals surface area (Å²) in [6, 6.07) is 0. The predicted molar refractivity (Wildman–Crippen MR) is 52.7 cm³/mol. The average molecular weight is 226 g/mol. The molecule has 0 aromatic rings. The van der Waals surface area contributed by atoms with Crippen molar-refractivity contribution in [1.29, 1.82) is 0 Å². The van der Waals surface area contributed by atoms with Crippen LogP contribution in [-0.2, 0) is 0 Å². The van der Waals surface area contributed by atoms with Crippen LogP contribution in [0.2, 0.25) is 0 Å². The molecule has 14 heavy (non-hydrogen) atoms. The van der Waals surface area contributed by atoms with E-state index in [1.54, 1.807) is 0 Å². The van der Waals surface area contributed by atoms with Gasteiger partial charge in [0.2, 0.25) is 0 Å². The van der Waals surface area contributed by atoms with Crippen molar-refractivity contribution in [3.8, 4) is 0 Å². The molecule has 0 saturated heterocycles. The molecule has 0 atom stereocenters. The number of nitrogens with zero attached hydrogens (tertiary/aromatic N) is 1. The Kier molecular flexibility index (Phi) is 4.57. The molecule has 1 aliphatic rings. The number of hydrogen-bond donors (Lipinski definition) is 1.